The molecular weight excluding hydrogens is 428 g/mol. The number of fused-ring (bicyclic) bond motifs is 18. The molecule has 7 rings (SSSR count). The summed E-state index contributed by atoms with van der Waals surface area (Å²) in [5, 5.41) is 22.1. The Morgan fingerprint density at radius 2 is 1.03 bits per heavy atom. The molecule has 0 saturated heterocycles. The number of benzene rings is 2. The van der Waals surface area contributed by atoms with Crippen LogP contribution in [0.5, 0.6) is 0 Å². The Hall–Kier alpha value is -3.64. The number of rotatable bonds is 2. The Morgan fingerprint density at radius 1 is 0.706 bits per heavy atom. The van der Waals surface area contributed by atoms with Crippen LogP contribution in [0.3, 0.4) is 0 Å². The van der Waals surface area contributed by atoms with Crippen molar-refractivity contribution < 1.29 is 19.1 Å². The number of ether oxygens (including phenoxy) is 2. The fraction of sp³-hybridized carbons (Fsp3) is 0.429. The van der Waals surface area contributed by atoms with Crippen molar-refractivity contribution in [1.82, 2.24) is 0 Å². The molecule has 0 aromatic heterocycles. The third kappa shape index (κ3) is 1.37. The minimum Gasteiger partial charge on any atom is -0.469 e. The third-order valence-electron chi connectivity index (χ3n) is 10.4. The first-order chi connectivity index (χ1) is 16.5. The van der Waals surface area contributed by atoms with E-state index in [1.165, 1.54) is 14.2 Å². The van der Waals surface area contributed by atoms with E-state index in [2.05, 4.69) is 12.1 Å². The summed E-state index contributed by atoms with van der Waals surface area (Å²) in [4.78, 5) is 28.2. The van der Waals surface area contributed by atoms with Crippen LogP contribution in [0.2, 0.25) is 0 Å². The van der Waals surface area contributed by atoms with Crippen LogP contribution in [0.15, 0.2) is 48.5 Å². The molecule has 3 saturated carbocycles. The molecule has 0 spiro atoms. The lowest BCUT2D eigenvalue weighted by Gasteiger charge is -2.75. The molecule has 0 heterocycles. The van der Waals surface area contributed by atoms with Crippen molar-refractivity contribution in [1.29, 1.82) is 10.5 Å². The number of nitriles is 2. The average Bonchev–Trinajstić information content (AvgIpc) is 3.59. The van der Waals surface area contributed by atoms with Crippen LogP contribution in [-0.2, 0) is 19.1 Å². The number of methoxy groups -OCH3 is 2. The summed E-state index contributed by atoms with van der Waals surface area (Å²) in [7, 11) is 2.63. The molecule has 8 atom stereocenters. The Labute approximate surface area is 197 Å². The Kier molecular flexibility index (Phi) is 3.32. The zero-order chi connectivity index (χ0) is 23.7. The minimum absolute atomic E-state index is 0.332. The van der Waals surface area contributed by atoms with Gasteiger partial charge in [0, 0.05) is 23.7 Å². The van der Waals surface area contributed by atoms with Crippen LogP contribution in [-0.4, -0.2) is 26.2 Å². The highest BCUT2D eigenvalue weighted by atomic mass is 16.5. The molecule has 6 heteroatoms. The zero-order valence-corrected chi connectivity index (χ0v) is 18.9. The number of hydrogen-bond acceptors (Lipinski definition) is 6. The lowest BCUT2D eigenvalue weighted by atomic mass is 9.19. The van der Waals surface area contributed by atoms with Crippen molar-refractivity contribution in [3.63, 3.8) is 0 Å². The van der Waals surface area contributed by atoms with Gasteiger partial charge in [0.05, 0.1) is 26.4 Å². The van der Waals surface area contributed by atoms with Crippen LogP contribution in [0.4, 0.5) is 0 Å². The fourth-order valence-corrected chi connectivity index (χ4v) is 10.0. The van der Waals surface area contributed by atoms with Crippen LogP contribution in [0.25, 0.3) is 0 Å². The van der Waals surface area contributed by atoms with Crippen molar-refractivity contribution in [3.8, 4) is 12.1 Å². The van der Waals surface area contributed by atoms with E-state index in [9.17, 15) is 20.1 Å². The zero-order valence-electron chi connectivity index (χ0n) is 18.9. The van der Waals surface area contributed by atoms with E-state index < -0.39 is 45.4 Å². The Morgan fingerprint density at radius 3 is 1.32 bits per heavy atom. The number of carbonyl (C=O) groups is 2. The van der Waals surface area contributed by atoms with Crippen LogP contribution in [0, 0.1) is 44.3 Å². The summed E-state index contributed by atoms with van der Waals surface area (Å²) >= 11 is 0. The van der Waals surface area contributed by atoms with Crippen LogP contribution < -0.4 is 0 Å². The largest absolute Gasteiger partial charge is 0.469 e. The SMILES string of the molecule is COC(=O)C12C3CC(c4ccccc43)C1(C#N)C1(C#N)C3CC(c4ccccc43)C12C(=O)OC. The van der Waals surface area contributed by atoms with Gasteiger partial charge in [-0.15, -0.1) is 0 Å². The van der Waals surface area contributed by atoms with E-state index in [-0.39, 0.29) is 11.8 Å². The molecule has 5 aliphatic rings. The fourth-order valence-electron chi connectivity index (χ4n) is 10.0. The van der Waals surface area contributed by atoms with E-state index in [0.29, 0.717) is 12.8 Å². The standard InChI is InChI=1S/C28H22N2O4/c1-33-23(31)27-21-11-19(15-7-3-5-9-17(15)21)25(27,13-29)26(14-30)20-12-22(28(26,27)24(32)34-2)18-10-6-4-8-16(18)20/h3-10,19-22H,11-12H2,1-2H3. The molecule has 8 unspecified atom stereocenters. The number of carbonyl (C=O) groups excluding carboxylic acids is 2. The normalized spacial score (nSPS) is 42.8. The molecule has 2 aromatic rings. The number of esters is 2. The molecule has 2 aromatic carbocycles. The maximum Gasteiger partial charge on any atom is 0.315 e. The summed E-state index contributed by atoms with van der Waals surface area (Å²) in [5.41, 5.74) is -1.76. The van der Waals surface area contributed by atoms with E-state index in [1.54, 1.807) is 0 Å². The van der Waals surface area contributed by atoms with Crippen molar-refractivity contribution in [3.05, 3.63) is 70.8 Å². The molecule has 4 bridgehead atoms. The topological polar surface area (TPSA) is 100 Å². The molecular formula is C28H22N2O4. The maximum absolute atomic E-state index is 14.1. The second kappa shape index (κ2) is 5.70. The first-order valence-electron chi connectivity index (χ1n) is 11.7. The first-order valence-corrected chi connectivity index (χ1v) is 11.7. The summed E-state index contributed by atoms with van der Waals surface area (Å²) in [6.45, 7) is 0. The molecule has 6 nitrogen and oxygen atoms in total. The summed E-state index contributed by atoms with van der Waals surface area (Å²) in [5.74, 6) is -2.60. The van der Waals surface area contributed by atoms with E-state index in [4.69, 9.17) is 9.47 Å². The van der Waals surface area contributed by atoms with Gasteiger partial charge < -0.3 is 9.47 Å². The maximum atomic E-state index is 14.1. The minimum atomic E-state index is -1.49. The lowest BCUT2D eigenvalue weighted by Crippen LogP contribution is -2.85. The van der Waals surface area contributed by atoms with Gasteiger partial charge in [-0.05, 0) is 35.1 Å². The summed E-state index contributed by atoms with van der Waals surface area (Å²) in [6.07, 6.45) is 1.08. The van der Waals surface area contributed by atoms with Gasteiger partial charge in [-0.2, -0.15) is 10.5 Å². The van der Waals surface area contributed by atoms with Gasteiger partial charge >= 0.3 is 11.9 Å². The monoisotopic (exact) mass is 450 g/mol. The molecule has 0 N–H and O–H groups in total. The van der Waals surface area contributed by atoms with E-state index in [0.717, 1.165) is 22.3 Å². The van der Waals surface area contributed by atoms with Crippen LogP contribution in [0.1, 0.15) is 58.8 Å². The van der Waals surface area contributed by atoms with Crippen molar-refractivity contribution in [2.24, 2.45) is 21.7 Å². The molecule has 0 radical (unpaired) electrons. The highest BCUT2D eigenvalue weighted by molar-refractivity contribution is 6.00. The van der Waals surface area contributed by atoms with Crippen molar-refractivity contribution >= 4 is 11.9 Å². The predicted octanol–water partition coefficient (Wildman–Crippen LogP) is 3.91. The average molecular weight is 450 g/mol. The van der Waals surface area contributed by atoms with E-state index >= 15 is 0 Å². The van der Waals surface area contributed by atoms with Gasteiger partial charge in [0.15, 0.2) is 0 Å². The molecule has 0 aliphatic heterocycles. The molecule has 34 heavy (non-hydrogen) atoms. The lowest BCUT2D eigenvalue weighted by molar-refractivity contribution is -0.285. The molecule has 0 amide bonds. The highest BCUT2D eigenvalue weighted by Crippen LogP contribution is 3.00. The quantitative estimate of drug-likeness (QED) is 0.508. The van der Waals surface area contributed by atoms with Gasteiger partial charge in [0.25, 0.3) is 0 Å². The predicted molar refractivity (Wildman–Crippen MR) is 118 cm³/mol. The smallest absolute Gasteiger partial charge is 0.315 e. The second-order valence-electron chi connectivity index (χ2n) is 10.4. The van der Waals surface area contributed by atoms with Gasteiger partial charge in [0.2, 0.25) is 0 Å². The number of hydrogen-bond donors (Lipinski definition) is 0. The van der Waals surface area contributed by atoms with Crippen molar-refractivity contribution in [2.75, 3.05) is 14.2 Å². The Bertz CT molecular complexity index is 1310. The van der Waals surface area contributed by atoms with Gasteiger partial charge in [-0.1, -0.05) is 48.5 Å². The Balaban J connectivity index is 1.68. The molecule has 5 aliphatic carbocycles. The molecule has 3 fully saturated rings. The molecule has 168 valence electrons. The number of nitrogens with zero attached hydrogens (tertiary/aromatic N) is 2. The van der Waals surface area contributed by atoms with Gasteiger partial charge in [-0.25, -0.2) is 0 Å². The third-order valence-corrected chi connectivity index (χ3v) is 10.4. The van der Waals surface area contributed by atoms with Crippen molar-refractivity contribution in [2.45, 2.75) is 36.5 Å². The van der Waals surface area contributed by atoms with Gasteiger partial charge in [-0.3, -0.25) is 9.59 Å². The highest BCUT2D eigenvalue weighted by Gasteiger charge is 3.05. The first kappa shape index (κ1) is 19.8. The van der Waals surface area contributed by atoms with Crippen LogP contribution >= 0.6 is 0 Å². The van der Waals surface area contributed by atoms with E-state index in [1.807, 2.05) is 48.5 Å². The summed E-state index contributed by atoms with van der Waals surface area (Å²) in [6, 6.07) is 20.8. The second-order valence-corrected chi connectivity index (χ2v) is 10.4. The van der Waals surface area contributed by atoms with Gasteiger partial charge in [0.1, 0.15) is 21.7 Å². The summed E-state index contributed by atoms with van der Waals surface area (Å²) < 4.78 is 10.9.